The Morgan fingerprint density at radius 3 is 3.00 bits per heavy atom. The predicted molar refractivity (Wildman–Crippen MR) is 83.0 cm³/mol. The molecule has 1 aromatic rings. The third-order valence-corrected chi connectivity index (χ3v) is 4.07. The lowest BCUT2D eigenvalue weighted by molar-refractivity contribution is -0.132. The zero-order chi connectivity index (χ0) is 15.2. The van der Waals surface area contributed by atoms with Crippen LogP contribution >= 0.6 is 0 Å². The third kappa shape index (κ3) is 4.86. The second-order valence-corrected chi connectivity index (χ2v) is 6.06. The molecule has 0 radical (unpaired) electrons. The SMILES string of the molecule is CNCC1CCCN(CC(=O)N(C)Cc2ccc(C)o2)C1. The summed E-state index contributed by atoms with van der Waals surface area (Å²) in [7, 11) is 3.83. The van der Waals surface area contributed by atoms with Crippen molar-refractivity contribution in [3.63, 3.8) is 0 Å². The standard InChI is InChI=1S/C16H27N3O2/c1-13-6-7-15(21-13)11-18(3)16(20)12-19-8-4-5-14(10-19)9-17-2/h6-7,14,17H,4-5,8-12H2,1-3H3. The molecule has 1 atom stereocenters. The minimum Gasteiger partial charge on any atom is -0.464 e. The van der Waals surface area contributed by atoms with E-state index in [9.17, 15) is 4.79 Å². The van der Waals surface area contributed by atoms with Gasteiger partial charge >= 0.3 is 0 Å². The van der Waals surface area contributed by atoms with Gasteiger partial charge in [0.15, 0.2) is 0 Å². The molecule has 21 heavy (non-hydrogen) atoms. The second kappa shape index (κ2) is 7.61. The Hall–Kier alpha value is -1.33. The monoisotopic (exact) mass is 293 g/mol. The number of carbonyl (C=O) groups excluding carboxylic acids is 1. The summed E-state index contributed by atoms with van der Waals surface area (Å²) >= 11 is 0. The molecule has 1 fully saturated rings. The summed E-state index contributed by atoms with van der Waals surface area (Å²) in [4.78, 5) is 16.3. The third-order valence-electron chi connectivity index (χ3n) is 4.07. The summed E-state index contributed by atoms with van der Waals surface area (Å²) < 4.78 is 5.53. The maximum Gasteiger partial charge on any atom is 0.236 e. The van der Waals surface area contributed by atoms with Crippen LogP contribution in [0.3, 0.4) is 0 Å². The highest BCUT2D eigenvalue weighted by Crippen LogP contribution is 2.16. The fourth-order valence-electron chi connectivity index (χ4n) is 2.95. The molecule has 0 aliphatic carbocycles. The Kier molecular flexibility index (Phi) is 5.82. The van der Waals surface area contributed by atoms with E-state index in [1.54, 1.807) is 4.90 Å². The Morgan fingerprint density at radius 2 is 2.33 bits per heavy atom. The van der Waals surface area contributed by atoms with E-state index in [1.807, 2.05) is 33.2 Å². The maximum absolute atomic E-state index is 12.3. The van der Waals surface area contributed by atoms with E-state index in [-0.39, 0.29) is 5.91 Å². The van der Waals surface area contributed by atoms with Crippen molar-refractivity contribution in [3.05, 3.63) is 23.7 Å². The molecule has 1 N–H and O–H groups in total. The fourth-order valence-corrected chi connectivity index (χ4v) is 2.95. The largest absolute Gasteiger partial charge is 0.464 e. The molecule has 0 aromatic carbocycles. The number of hydrogen-bond donors (Lipinski definition) is 1. The Balaban J connectivity index is 1.80. The van der Waals surface area contributed by atoms with Crippen LogP contribution in [-0.2, 0) is 11.3 Å². The van der Waals surface area contributed by atoms with Crippen LogP contribution in [0.25, 0.3) is 0 Å². The van der Waals surface area contributed by atoms with Gasteiger partial charge in [0.1, 0.15) is 11.5 Å². The van der Waals surface area contributed by atoms with Gasteiger partial charge in [-0.15, -0.1) is 0 Å². The van der Waals surface area contributed by atoms with E-state index in [0.717, 1.165) is 31.2 Å². The molecular weight excluding hydrogens is 266 g/mol. The molecule has 1 aliphatic rings. The molecule has 0 bridgehead atoms. The highest BCUT2D eigenvalue weighted by molar-refractivity contribution is 5.77. The van der Waals surface area contributed by atoms with Gasteiger partial charge < -0.3 is 14.6 Å². The highest BCUT2D eigenvalue weighted by Gasteiger charge is 2.22. The molecule has 2 rings (SSSR count). The molecule has 5 nitrogen and oxygen atoms in total. The van der Waals surface area contributed by atoms with Crippen LogP contribution in [0.4, 0.5) is 0 Å². The van der Waals surface area contributed by atoms with Crippen LogP contribution in [0, 0.1) is 12.8 Å². The topological polar surface area (TPSA) is 48.7 Å². The molecular formula is C16H27N3O2. The molecule has 5 heteroatoms. The smallest absolute Gasteiger partial charge is 0.236 e. The van der Waals surface area contributed by atoms with Gasteiger partial charge in [0.25, 0.3) is 0 Å². The average Bonchev–Trinajstić information content (AvgIpc) is 2.85. The number of nitrogens with zero attached hydrogens (tertiary/aromatic N) is 2. The number of carbonyl (C=O) groups is 1. The number of likely N-dealkylation sites (tertiary alicyclic amines) is 1. The van der Waals surface area contributed by atoms with Gasteiger partial charge in [-0.3, -0.25) is 9.69 Å². The number of likely N-dealkylation sites (N-methyl/N-ethyl adjacent to an activating group) is 1. The van der Waals surface area contributed by atoms with Crippen molar-refractivity contribution >= 4 is 5.91 Å². The lowest BCUT2D eigenvalue weighted by atomic mass is 9.98. The maximum atomic E-state index is 12.3. The number of piperidine rings is 1. The van der Waals surface area contributed by atoms with Crippen molar-refractivity contribution in [1.29, 1.82) is 0 Å². The minimum absolute atomic E-state index is 0.161. The molecule has 1 amide bonds. The van der Waals surface area contributed by atoms with Gasteiger partial charge in [0.05, 0.1) is 13.1 Å². The predicted octanol–water partition coefficient (Wildman–Crippen LogP) is 1.48. The first-order chi connectivity index (χ1) is 10.1. The first kappa shape index (κ1) is 16.0. The lowest BCUT2D eigenvalue weighted by Crippen LogP contribution is -2.44. The quantitative estimate of drug-likeness (QED) is 0.863. The number of nitrogens with one attached hydrogen (secondary N) is 1. The van der Waals surface area contributed by atoms with Crippen molar-refractivity contribution in [3.8, 4) is 0 Å². The van der Waals surface area contributed by atoms with Crippen LogP contribution in [0.2, 0.25) is 0 Å². The van der Waals surface area contributed by atoms with E-state index in [2.05, 4.69) is 10.2 Å². The van der Waals surface area contributed by atoms with Gasteiger partial charge in [-0.2, -0.15) is 0 Å². The zero-order valence-electron chi connectivity index (χ0n) is 13.4. The lowest BCUT2D eigenvalue weighted by Gasteiger charge is -2.33. The Morgan fingerprint density at radius 1 is 1.52 bits per heavy atom. The van der Waals surface area contributed by atoms with Crippen molar-refractivity contribution < 1.29 is 9.21 Å². The van der Waals surface area contributed by atoms with Gasteiger partial charge in [-0.1, -0.05) is 0 Å². The van der Waals surface area contributed by atoms with E-state index in [4.69, 9.17) is 4.42 Å². The number of furan rings is 1. The van der Waals surface area contributed by atoms with Crippen LogP contribution in [0.1, 0.15) is 24.4 Å². The summed E-state index contributed by atoms with van der Waals surface area (Å²) in [6.45, 7) is 6.05. The molecule has 0 spiro atoms. The molecule has 1 aromatic heterocycles. The van der Waals surface area contributed by atoms with Gasteiger partial charge in [-0.25, -0.2) is 0 Å². The number of aryl methyl sites for hydroxylation is 1. The van der Waals surface area contributed by atoms with E-state index < -0.39 is 0 Å². The minimum atomic E-state index is 0.161. The van der Waals surface area contributed by atoms with Crippen molar-refractivity contribution in [2.24, 2.45) is 5.92 Å². The molecule has 1 saturated heterocycles. The normalized spacial score (nSPS) is 19.7. The molecule has 1 unspecified atom stereocenters. The first-order valence-corrected chi connectivity index (χ1v) is 7.74. The van der Waals surface area contributed by atoms with E-state index in [0.29, 0.717) is 19.0 Å². The molecule has 118 valence electrons. The number of amides is 1. The van der Waals surface area contributed by atoms with Crippen LogP contribution in [-0.4, -0.2) is 56.0 Å². The summed E-state index contributed by atoms with van der Waals surface area (Å²) in [6, 6.07) is 3.86. The van der Waals surface area contributed by atoms with Crippen LogP contribution in [0.15, 0.2) is 16.5 Å². The summed E-state index contributed by atoms with van der Waals surface area (Å²) in [5.41, 5.74) is 0. The van der Waals surface area contributed by atoms with Gasteiger partial charge in [0.2, 0.25) is 5.91 Å². The molecule has 0 saturated carbocycles. The number of hydrogen-bond acceptors (Lipinski definition) is 4. The molecule has 2 heterocycles. The van der Waals surface area contributed by atoms with Gasteiger partial charge in [-0.05, 0) is 58.0 Å². The fraction of sp³-hybridized carbons (Fsp3) is 0.688. The van der Waals surface area contributed by atoms with Crippen molar-refractivity contribution in [2.75, 3.05) is 40.3 Å². The summed E-state index contributed by atoms with van der Waals surface area (Å²) in [5.74, 6) is 2.55. The Bertz CT molecular complexity index is 456. The average molecular weight is 293 g/mol. The Labute approximate surface area is 127 Å². The van der Waals surface area contributed by atoms with Crippen LogP contribution < -0.4 is 5.32 Å². The van der Waals surface area contributed by atoms with Gasteiger partial charge in [0, 0.05) is 13.6 Å². The summed E-state index contributed by atoms with van der Waals surface area (Å²) in [5, 5.41) is 3.23. The van der Waals surface area contributed by atoms with Crippen molar-refractivity contribution in [1.82, 2.24) is 15.1 Å². The van der Waals surface area contributed by atoms with Crippen molar-refractivity contribution in [2.45, 2.75) is 26.3 Å². The second-order valence-electron chi connectivity index (χ2n) is 6.06. The van der Waals surface area contributed by atoms with E-state index in [1.165, 1.54) is 12.8 Å². The first-order valence-electron chi connectivity index (χ1n) is 7.74. The zero-order valence-corrected chi connectivity index (χ0v) is 13.4. The van der Waals surface area contributed by atoms with E-state index >= 15 is 0 Å². The molecule has 1 aliphatic heterocycles. The highest BCUT2D eigenvalue weighted by atomic mass is 16.3. The summed E-state index contributed by atoms with van der Waals surface area (Å²) in [6.07, 6.45) is 2.44. The van der Waals surface area contributed by atoms with Crippen LogP contribution in [0.5, 0.6) is 0 Å². The number of rotatable bonds is 6.